The van der Waals surface area contributed by atoms with E-state index in [-0.39, 0.29) is 5.91 Å². The van der Waals surface area contributed by atoms with Gasteiger partial charge in [-0.15, -0.1) is 0 Å². The summed E-state index contributed by atoms with van der Waals surface area (Å²) in [4.78, 5) is 13.2. The zero-order chi connectivity index (χ0) is 9.26. The SMILES string of the molecule is CN1C(=O)CC=Cc2ccccc21. The van der Waals surface area contributed by atoms with Gasteiger partial charge in [-0.05, 0) is 11.6 Å². The quantitative estimate of drug-likeness (QED) is 0.588. The number of carbonyl (C=O) groups is 1. The monoisotopic (exact) mass is 173 g/mol. The van der Waals surface area contributed by atoms with E-state index in [1.54, 1.807) is 4.90 Å². The Morgan fingerprint density at radius 1 is 1.31 bits per heavy atom. The molecular formula is C11H11NO. The molecule has 1 heterocycles. The van der Waals surface area contributed by atoms with Gasteiger partial charge >= 0.3 is 0 Å². The molecular weight excluding hydrogens is 162 g/mol. The molecule has 0 spiro atoms. The molecule has 66 valence electrons. The lowest BCUT2D eigenvalue weighted by Crippen LogP contribution is -2.24. The predicted molar refractivity (Wildman–Crippen MR) is 53.5 cm³/mol. The number of para-hydroxylation sites is 1. The standard InChI is InChI=1S/C11H11NO/c1-12-10-7-3-2-5-9(10)6-4-8-11(12)13/h2-7H,8H2,1H3. The fourth-order valence-corrected chi connectivity index (χ4v) is 1.49. The molecule has 0 saturated heterocycles. The molecule has 0 radical (unpaired) electrons. The highest BCUT2D eigenvalue weighted by molar-refractivity contribution is 5.97. The number of amides is 1. The molecule has 13 heavy (non-hydrogen) atoms. The number of carbonyl (C=O) groups excluding carboxylic acids is 1. The van der Waals surface area contributed by atoms with Crippen molar-refractivity contribution < 1.29 is 4.79 Å². The average molecular weight is 173 g/mol. The van der Waals surface area contributed by atoms with Crippen molar-refractivity contribution in [2.75, 3.05) is 11.9 Å². The van der Waals surface area contributed by atoms with Crippen LogP contribution in [-0.4, -0.2) is 13.0 Å². The molecule has 1 aromatic rings. The summed E-state index contributed by atoms with van der Waals surface area (Å²) < 4.78 is 0. The van der Waals surface area contributed by atoms with Gasteiger partial charge in [0.25, 0.3) is 0 Å². The summed E-state index contributed by atoms with van der Waals surface area (Å²) in [7, 11) is 1.81. The Morgan fingerprint density at radius 3 is 2.92 bits per heavy atom. The van der Waals surface area contributed by atoms with Crippen molar-refractivity contribution in [2.45, 2.75) is 6.42 Å². The lowest BCUT2D eigenvalue weighted by Gasteiger charge is -2.16. The molecule has 0 fully saturated rings. The van der Waals surface area contributed by atoms with Crippen LogP contribution in [0.5, 0.6) is 0 Å². The largest absolute Gasteiger partial charge is 0.315 e. The van der Waals surface area contributed by atoms with E-state index >= 15 is 0 Å². The molecule has 0 saturated carbocycles. The Bertz CT molecular complexity index is 368. The first-order valence-corrected chi connectivity index (χ1v) is 4.31. The van der Waals surface area contributed by atoms with Gasteiger partial charge in [-0.1, -0.05) is 30.4 Å². The molecule has 1 aromatic carbocycles. The first-order valence-electron chi connectivity index (χ1n) is 4.31. The molecule has 0 N–H and O–H groups in total. The van der Waals surface area contributed by atoms with E-state index in [9.17, 15) is 4.79 Å². The number of nitrogens with zero attached hydrogens (tertiary/aromatic N) is 1. The Hall–Kier alpha value is -1.57. The van der Waals surface area contributed by atoms with Gasteiger partial charge in [-0.2, -0.15) is 0 Å². The molecule has 2 rings (SSSR count). The van der Waals surface area contributed by atoms with Crippen LogP contribution in [0.15, 0.2) is 30.3 Å². The first kappa shape index (κ1) is 8.05. The van der Waals surface area contributed by atoms with Crippen LogP contribution in [0.1, 0.15) is 12.0 Å². The third-order valence-corrected chi connectivity index (χ3v) is 2.26. The van der Waals surface area contributed by atoms with Crippen LogP contribution in [0.25, 0.3) is 6.08 Å². The maximum Gasteiger partial charge on any atom is 0.230 e. The zero-order valence-corrected chi connectivity index (χ0v) is 7.53. The van der Waals surface area contributed by atoms with E-state index in [0.29, 0.717) is 6.42 Å². The fourth-order valence-electron chi connectivity index (χ4n) is 1.49. The van der Waals surface area contributed by atoms with Crippen LogP contribution in [-0.2, 0) is 4.79 Å². The topological polar surface area (TPSA) is 20.3 Å². The number of anilines is 1. The Balaban J connectivity index is 2.54. The molecule has 0 aromatic heterocycles. The highest BCUT2D eigenvalue weighted by atomic mass is 16.2. The minimum atomic E-state index is 0.140. The van der Waals surface area contributed by atoms with Crippen molar-refractivity contribution >= 4 is 17.7 Å². The summed E-state index contributed by atoms with van der Waals surface area (Å²) in [5.41, 5.74) is 2.09. The van der Waals surface area contributed by atoms with Crippen molar-refractivity contribution in [2.24, 2.45) is 0 Å². The van der Waals surface area contributed by atoms with Crippen LogP contribution in [0.2, 0.25) is 0 Å². The Kier molecular flexibility index (Phi) is 1.89. The number of hydrogen-bond donors (Lipinski definition) is 0. The summed E-state index contributed by atoms with van der Waals surface area (Å²) in [5, 5.41) is 0. The highest BCUT2D eigenvalue weighted by Gasteiger charge is 2.13. The summed E-state index contributed by atoms with van der Waals surface area (Å²) >= 11 is 0. The van der Waals surface area contributed by atoms with Gasteiger partial charge in [0.1, 0.15) is 0 Å². The minimum absolute atomic E-state index is 0.140. The second-order valence-electron chi connectivity index (χ2n) is 3.12. The lowest BCUT2D eigenvalue weighted by atomic mass is 10.1. The number of fused-ring (bicyclic) bond motifs is 1. The summed E-state index contributed by atoms with van der Waals surface area (Å²) in [6, 6.07) is 7.90. The van der Waals surface area contributed by atoms with E-state index in [4.69, 9.17) is 0 Å². The van der Waals surface area contributed by atoms with Crippen molar-refractivity contribution in [3.63, 3.8) is 0 Å². The molecule has 0 bridgehead atoms. The van der Waals surface area contributed by atoms with E-state index < -0.39 is 0 Å². The molecule has 1 aliphatic heterocycles. The van der Waals surface area contributed by atoms with Gasteiger partial charge in [-0.3, -0.25) is 4.79 Å². The smallest absolute Gasteiger partial charge is 0.230 e. The van der Waals surface area contributed by atoms with Gasteiger partial charge in [0.05, 0.1) is 5.69 Å². The number of benzene rings is 1. The van der Waals surface area contributed by atoms with Gasteiger partial charge in [-0.25, -0.2) is 0 Å². The minimum Gasteiger partial charge on any atom is -0.315 e. The van der Waals surface area contributed by atoms with Crippen molar-refractivity contribution in [3.8, 4) is 0 Å². The third-order valence-electron chi connectivity index (χ3n) is 2.26. The Labute approximate surface area is 77.5 Å². The second-order valence-corrected chi connectivity index (χ2v) is 3.12. The maximum atomic E-state index is 11.5. The third kappa shape index (κ3) is 1.35. The molecule has 0 unspecified atom stereocenters. The predicted octanol–water partition coefficient (Wildman–Crippen LogP) is 2.07. The summed E-state index contributed by atoms with van der Waals surface area (Å²) in [6.45, 7) is 0. The molecule has 2 nitrogen and oxygen atoms in total. The molecule has 1 amide bonds. The molecule has 0 aliphatic carbocycles. The van der Waals surface area contributed by atoms with E-state index in [0.717, 1.165) is 11.3 Å². The zero-order valence-electron chi connectivity index (χ0n) is 7.53. The number of hydrogen-bond acceptors (Lipinski definition) is 1. The molecule has 1 aliphatic rings. The van der Waals surface area contributed by atoms with Gasteiger partial charge < -0.3 is 4.90 Å². The molecule has 0 atom stereocenters. The van der Waals surface area contributed by atoms with Gasteiger partial charge in [0.2, 0.25) is 5.91 Å². The lowest BCUT2D eigenvalue weighted by molar-refractivity contribution is -0.117. The first-order chi connectivity index (χ1) is 6.29. The van der Waals surface area contributed by atoms with E-state index in [1.165, 1.54) is 0 Å². The van der Waals surface area contributed by atoms with Crippen LogP contribution in [0.4, 0.5) is 5.69 Å². The van der Waals surface area contributed by atoms with Gasteiger partial charge in [0, 0.05) is 13.5 Å². The van der Waals surface area contributed by atoms with E-state index in [2.05, 4.69) is 0 Å². The van der Waals surface area contributed by atoms with Crippen molar-refractivity contribution in [1.29, 1.82) is 0 Å². The maximum absolute atomic E-state index is 11.5. The van der Waals surface area contributed by atoms with Crippen LogP contribution < -0.4 is 4.90 Å². The van der Waals surface area contributed by atoms with Gasteiger partial charge in [0.15, 0.2) is 0 Å². The highest BCUT2D eigenvalue weighted by Crippen LogP contribution is 2.23. The summed E-state index contributed by atoms with van der Waals surface area (Å²) in [6.07, 6.45) is 4.40. The van der Waals surface area contributed by atoms with E-state index in [1.807, 2.05) is 43.5 Å². The Morgan fingerprint density at radius 2 is 2.08 bits per heavy atom. The number of rotatable bonds is 0. The van der Waals surface area contributed by atoms with Crippen molar-refractivity contribution in [3.05, 3.63) is 35.9 Å². The van der Waals surface area contributed by atoms with Crippen molar-refractivity contribution in [1.82, 2.24) is 0 Å². The van der Waals surface area contributed by atoms with Crippen LogP contribution in [0, 0.1) is 0 Å². The second kappa shape index (κ2) is 3.05. The average Bonchev–Trinajstić information content (AvgIpc) is 2.29. The normalized spacial score (nSPS) is 15.5. The van der Waals surface area contributed by atoms with Crippen LogP contribution >= 0.6 is 0 Å². The summed E-state index contributed by atoms with van der Waals surface area (Å²) in [5.74, 6) is 0.140. The van der Waals surface area contributed by atoms with Crippen LogP contribution in [0.3, 0.4) is 0 Å². The molecule has 2 heteroatoms. The fraction of sp³-hybridized carbons (Fsp3) is 0.182.